The van der Waals surface area contributed by atoms with Crippen LogP contribution in [-0.2, 0) is 35.9 Å². The van der Waals surface area contributed by atoms with Crippen LogP contribution in [0.5, 0.6) is 0 Å². The van der Waals surface area contributed by atoms with Gasteiger partial charge >= 0.3 is 0 Å². The number of morpholine rings is 2. The van der Waals surface area contributed by atoms with Crippen molar-refractivity contribution in [3.63, 3.8) is 0 Å². The van der Waals surface area contributed by atoms with Gasteiger partial charge in [-0.15, -0.1) is 0 Å². The summed E-state index contributed by atoms with van der Waals surface area (Å²) in [5.41, 5.74) is 3.66. The summed E-state index contributed by atoms with van der Waals surface area (Å²) in [4.78, 5) is 0.518. The van der Waals surface area contributed by atoms with Gasteiger partial charge in [-0.3, -0.25) is 0 Å². The van der Waals surface area contributed by atoms with Gasteiger partial charge in [-0.25, -0.2) is 16.8 Å². The van der Waals surface area contributed by atoms with Crippen molar-refractivity contribution in [2.45, 2.75) is 68.3 Å². The second kappa shape index (κ2) is 8.93. The molecular weight excluding hydrogens is 488 g/mol. The van der Waals surface area contributed by atoms with Crippen LogP contribution in [0.25, 0.3) is 11.1 Å². The largest absolute Gasteiger partial charge is 0.373 e. The first-order valence-corrected chi connectivity index (χ1v) is 14.9. The molecule has 0 radical (unpaired) electrons. The van der Waals surface area contributed by atoms with Gasteiger partial charge in [0.05, 0.1) is 34.2 Å². The summed E-state index contributed by atoms with van der Waals surface area (Å²) in [6.45, 7) is 8.80. The van der Waals surface area contributed by atoms with Crippen molar-refractivity contribution >= 4 is 20.0 Å². The predicted octanol–water partition coefficient (Wildman–Crippen LogP) is 2.85. The van der Waals surface area contributed by atoms with Gasteiger partial charge in [0.15, 0.2) is 0 Å². The minimum atomic E-state index is -3.65. The molecule has 0 N–H and O–H groups in total. The van der Waals surface area contributed by atoms with E-state index in [-0.39, 0.29) is 34.2 Å². The van der Waals surface area contributed by atoms with Gasteiger partial charge in [0.2, 0.25) is 20.0 Å². The summed E-state index contributed by atoms with van der Waals surface area (Å²) in [5.74, 6) is 0. The van der Waals surface area contributed by atoms with Crippen LogP contribution in [0, 0.1) is 0 Å². The Morgan fingerprint density at radius 1 is 0.629 bits per heavy atom. The number of fused-ring (bicyclic) bond motifs is 3. The van der Waals surface area contributed by atoms with E-state index in [1.807, 2.05) is 39.8 Å². The SMILES string of the molecule is C[C@@H]1CN(S(=O)(=O)c2ccc3c(c2)Cc2cc(S(=O)(=O)N4C[C@H](C)O[C@@H](C)C4)ccc2-3)C[C@@H](C)O1. The van der Waals surface area contributed by atoms with Gasteiger partial charge in [0, 0.05) is 26.2 Å². The quantitative estimate of drug-likeness (QED) is 0.525. The monoisotopic (exact) mass is 520 g/mol. The lowest BCUT2D eigenvalue weighted by Gasteiger charge is -2.34. The molecule has 1 aliphatic carbocycles. The molecule has 2 saturated heterocycles. The smallest absolute Gasteiger partial charge is 0.243 e. The number of rotatable bonds is 4. The van der Waals surface area contributed by atoms with Crippen LogP contribution >= 0.6 is 0 Å². The Morgan fingerprint density at radius 2 is 0.971 bits per heavy atom. The average Bonchev–Trinajstić information content (AvgIpc) is 3.15. The predicted molar refractivity (Wildman–Crippen MR) is 132 cm³/mol. The molecule has 0 saturated carbocycles. The maximum Gasteiger partial charge on any atom is 0.243 e. The van der Waals surface area contributed by atoms with Gasteiger partial charge in [0.25, 0.3) is 0 Å². The normalized spacial score (nSPS) is 28.0. The van der Waals surface area contributed by atoms with E-state index in [4.69, 9.17) is 9.47 Å². The highest BCUT2D eigenvalue weighted by molar-refractivity contribution is 7.89. The van der Waals surface area contributed by atoms with Crippen molar-refractivity contribution in [2.75, 3.05) is 26.2 Å². The van der Waals surface area contributed by atoms with Crippen molar-refractivity contribution in [1.29, 1.82) is 0 Å². The Kier molecular flexibility index (Phi) is 6.34. The van der Waals surface area contributed by atoms with E-state index in [0.717, 1.165) is 22.3 Å². The summed E-state index contributed by atoms with van der Waals surface area (Å²) < 4.78 is 67.7. The van der Waals surface area contributed by atoms with Crippen LogP contribution < -0.4 is 0 Å². The molecule has 2 fully saturated rings. The lowest BCUT2D eigenvalue weighted by Crippen LogP contribution is -2.48. The molecule has 2 aliphatic heterocycles. The number of ether oxygens (including phenoxy) is 2. The summed E-state index contributed by atoms with van der Waals surface area (Å²) in [7, 11) is -7.31. The fourth-order valence-corrected chi connectivity index (χ4v) is 8.72. The second-order valence-corrected chi connectivity index (χ2v) is 13.8. The fraction of sp³-hybridized carbons (Fsp3) is 0.520. The van der Waals surface area contributed by atoms with Crippen LogP contribution in [0.4, 0.5) is 0 Å². The minimum Gasteiger partial charge on any atom is -0.373 e. The third-order valence-corrected chi connectivity index (χ3v) is 10.5. The molecular formula is C25H32N2O6S2. The van der Waals surface area contributed by atoms with E-state index in [9.17, 15) is 16.8 Å². The van der Waals surface area contributed by atoms with E-state index in [1.165, 1.54) is 8.61 Å². The zero-order valence-electron chi connectivity index (χ0n) is 20.5. The number of nitrogens with zero attached hydrogens (tertiary/aromatic N) is 2. The molecule has 0 bridgehead atoms. The Hall–Kier alpha value is -1.82. The van der Waals surface area contributed by atoms with Crippen LogP contribution in [0.2, 0.25) is 0 Å². The number of benzene rings is 2. The molecule has 10 heteroatoms. The van der Waals surface area contributed by atoms with E-state index in [1.54, 1.807) is 24.3 Å². The van der Waals surface area contributed by atoms with Crippen molar-refractivity contribution in [1.82, 2.24) is 8.61 Å². The molecule has 5 rings (SSSR count). The van der Waals surface area contributed by atoms with Gasteiger partial charge in [-0.2, -0.15) is 8.61 Å². The minimum absolute atomic E-state index is 0.162. The number of sulfonamides is 2. The first kappa shape index (κ1) is 24.9. The summed E-state index contributed by atoms with van der Waals surface area (Å²) in [6, 6.07) is 10.4. The van der Waals surface area contributed by atoms with E-state index < -0.39 is 20.0 Å². The van der Waals surface area contributed by atoms with Crippen molar-refractivity contribution in [2.24, 2.45) is 0 Å². The third-order valence-electron chi connectivity index (χ3n) is 6.87. The van der Waals surface area contributed by atoms with E-state index in [2.05, 4.69) is 0 Å². The Balaban J connectivity index is 1.42. The molecule has 2 heterocycles. The third kappa shape index (κ3) is 4.56. The fourth-order valence-electron chi connectivity index (χ4n) is 5.44. The molecule has 0 spiro atoms. The Bertz CT molecular complexity index is 1230. The molecule has 2 aromatic carbocycles. The van der Waals surface area contributed by atoms with E-state index in [0.29, 0.717) is 32.6 Å². The summed E-state index contributed by atoms with van der Waals surface area (Å²) >= 11 is 0. The zero-order chi connectivity index (χ0) is 25.1. The highest BCUT2D eigenvalue weighted by Crippen LogP contribution is 2.39. The first-order chi connectivity index (χ1) is 16.4. The lowest BCUT2D eigenvalue weighted by atomic mass is 10.1. The van der Waals surface area contributed by atoms with Gasteiger partial charge in [0.1, 0.15) is 0 Å². The highest BCUT2D eigenvalue weighted by Gasteiger charge is 2.35. The molecule has 35 heavy (non-hydrogen) atoms. The molecule has 3 aliphatic rings. The molecule has 4 atom stereocenters. The van der Waals surface area contributed by atoms with Gasteiger partial charge < -0.3 is 9.47 Å². The number of hydrogen-bond donors (Lipinski definition) is 0. The first-order valence-electron chi connectivity index (χ1n) is 12.0. The molecule has 190 valence electrons. The van der Waals surface area contributed by atoms with Gasteiger partial charge in [-0.1, -0.05) is 12.1 Å². The van der Waals surface area contributed by atoms with Crippen LogP contribution in [0.15, 0.2) is 46.2 Å². The van der Waals surface area contributed by atoms with Gasteiger partial charge in [-0.05, 0) is 80.6 Å². The zero-order valence-corrected chi connectivity index (χ0v) is 22.1. The summed E-state index contributed by atoms with van der Waals surface area (Å²) in [6.07, 6.45) is -0.159. The highest BCUT2D eigenvalue weighted by atomic mass is 32.2. The van der Waals surface area contributed by atoms with E-state index >= 15 is 0 Å². The Labute approximate surface area is 207 Å². The maximum atomic E-state index is 13.3. The summed E-state index contributed by atoms with van der Waals surface area (Å²) in [5, 5.41) is 0. The molecule has 0 aromatic heterocycles. The maximum absolute atomic E-state index is 13.3. The molecule has 8 nitrogen and oxygen atoms in total. The van der Waals surface area contributed by atoms with Crippen LogP contribution in [-0.4, -0.2) is 76.0 Å². The topological polar surface area (TPSA) is 93.2 Å². The van der Waals surface area contributed by atoms with Crippen LogP contribution in [0.3, 0.4) is 0 Å². The Morgan fingerprint density at radius 3 is 1.31 bits per heavy atom. The molecule has 0 unspecified atom stereocenters. The second-order valence-electron chi connectivity index (χ2n) is 9.97. The average molecular weight is 521 g/mol. The van der Waals surface area contributed by atoms with Crippen LogP contribution in [0.1, 0.15) is 38.8 Å². The molecule has 0 amide bonds. The van der Waals surface area contributed by atoms with Crippen molar-refractivity contribution < 1.29 is 26.3 Å². The molecule has 2 aromatic rings. The van der Waals surface area contributed by atoms with Crippen molar-refractivity contribution in [3.05, 3.63) is 47.5 Å². The number of hydrogen-bond acceptors (Lipinski definition) is 6. The van der Waals surface area contributed by atoms with Crippen molar-refractivity contribution in [3.8, 4) is 11.1 Å². The standard InChI is InChI=1S/C25H32N2O6S2/c1-16-12-26(13-17(2)32-16)34(28,29)22-5-7-24-20(10-22)9-21-11-23(6-8-25(21)24)35(30,31)27-14-18(3)33-19(4)15-27/h5-8,10-11,16-19H,9,12-15H2,1-4H3/t16-,17-,18+,19+. The lowest BCUT2D eigenvalue weighted by molar-refractivity contribution is -0.0442.